The van der Waals surface area contributed by atoms with Gasteiger partial charge in [-0.3, -0.25) is 4.79 Å². The first-order valence-corrected chi connectivity index (χ1v) is 6.97. The van der Waals surface area contributed by atoms with E-state index in [1.165, 1.54) is 0 Å². The van der Waals surface area contributed by atoms with Crippen LogP contribution in [-0.2, 0) is 16.1 Å². The van der Waals surface area contributed by atoms with E-state index in [2.05, 4.69) is 21.8 Å². The third kappa shape index (κ3) is 3.37. The SMILES string of the molecule is COCc1nc(Cl)cc(N2CC(C(N)=O)CCC2C)n1. The zero-order chi connectivity index (χ0) is 14.7. The maximum absolute atomic E-state index is 11.4. The number of amides is 1. The van der Waals surface area contributed by atoms with E-state index in [1.54, 1.807) is 13.2 Å². The fourth-order valence-electron chi connectivity index (χ4n) is 2.45. The Labute approximate surface area is 123 Å². The van der Waals surface area contributed by atoms with Crippen LogP contribution in [0.4, 0.5) is 5.82 Å². The van der Waals surface area contributed by atoms with Crippen LogP contribution in [0.2, 0.25) is 5.15 Å². The van der Waals surface area contributed by atoms with Gasteiger partial charge >= 0.3 is 0 Å². The minimum absolute atomic E-state index is 0.147. The number of methoxy groups -OCH3 is 1. The van der Waals surface area contributed by atoms with Gasteiger partial charge in [0.25, 0.3) is 0 Å². The predicted octanol–water partition coefficient (Wildman–Crippen LogP) is 1.37. The number of hydrogen-bond donors (Lipinski definition) is 1. The van der Waals surface area contributed by atoms with Crippen LogP contribution in [0.3, 0.4) is 0 Å². The van der Waals surface area contributed by atoms with E-state index in [1.807, 2.05) is 0 Å². The molecule has 1 amide bonds. The largest absolute Gasteiger partial charge is 0.377 e. The van der Waals surface area contributed by atoms with E-state index in [9.17, 15) is 4.79 Å². The van der Waals surface area contributed by atoms with E-state index in [0.29, 0.717) is 24.1 Å². The molecule has 7 heteroatoms. The maximum Gasteiger partial charge on any atom is 0.222 e. The van der Waals surface area contributed by atoms with Crippen LogP contribution in [0.1, 0.15) is 25.6 Å². The second-order valence-corrected chi connectivity index (χ2v) is 5.46. The molecule has 20 heavy (non-hydrogen) atoms. The molecule has 1 aliphatic heterocycles. The molecule has 0 bridgehead atoms. The number of anilines is 1. The first-order valence-electron chi connectivity index (χ1n) is 6.59. The number of carbonyl (C=O) groups excluding carboxylic acids is 1. The van der Waals surface area contributed by atoms with Crippen molar-refractivity contribution >= 4 is 23.3 Å². The number of nitrogens with zero attached hydrogens (tertiary/aromatic N) is 3. The van der Waals surface area contributed by atoms with Crippen LogP contribution in [0, 0.1) is 5.92 Å². The number of hydrogen-bond acceptors (Lipinski definition) is 5. The average molecular weight is 299 g/mol. The van der Waals surface area contributed by atoms with Gasteiger partial charge in [-0.2, -0.15) is 0 Å². The van der Waals surface area contributed by atoms with E-state index in [-0.39, 0.29) is 17.9 Å². The van der Waals surface area contributed by atoms with Crippen LogP contribution >= 0.6 is 11.6 Å². The monoisotopic (exact) mass is 298 g/mol. The minimum atomic E-state index is -0.265. The normalized spacial score (nSPS) is 22.9. The number of primary amides is 1. The van der Waals surface area contributed by atoms with E-state index in [0.717, 1.165) is 18.7 Å². The summed E-state index contributed by atoms with van der Waals surface area (Å²) >= 11 is 6.03. The Morgan fingerprint density at radius 3 is 2.95 bits per heavy atom. The molecule has 1 aromatic heterocycles. The quantitative estimate of drug-likeness (QED) is 0.849. The summed E-state index contributed by atoms with van der Waals surface area (Å²) in [6.45, 7) is 2.97. The van der Waals surface area contributed by atoms with Crippen molar-refractivity contribution in [2.75, 3.05) is 18.6 Å². The summed E-state index contributed by atoms with van der Waals surface area (Å²) in [5.41, 5.74) is 5.42. The Balaban J connectivity index is 2.26. The zero-order valence-corrected chi connectivity index (χ0v) is 12.4. The second-order valence-electron chi connectivity index (χ2n) is 5.08. The fraction of sp³-hybridized carbons (Fsp3) is 0.615. The van der Waals surface area contributed by atoms with Crippen molar-refractivity contribution in [1.82, 2.24) is 9.97 Å². The number of halogens is 1. The molecule has 0 aliphatic carbocycles. The van der Waals surface area contributed by atoms with Gasteiger partial charge in [0.15, 0.2) is 5.82 Å². The molecule has 0 saturated carbocycles. The molecule has 1 aromatic rings. The molecule has 110 valence electrons. The summed E-state index contributed by atoms with van der Waals surface area (Å²) in [4.78, 5) is 22.0. The molecule has 2 unspecified atom stereocenters. The Bertz CT molecular complexity index is 497. The molecule has 1 fully saturated rings. The highest BCUT2D eigenvalue weighted by Gasteiger charge is 2.29. The second kappa shape index (κ2) is 6.37. The Kier molecular flexibility index (Phi) is 4.77. The van der Waals surface area contributed by atoms with Crippen molar-refractivity contribution in [3.05, 3.63) is 17.0 Å². The summed E-state index contributed by atoms with van der Waals surface area (Å²) in [6.07, 6.45) is 1.71. The number of ether oxygens (including phenoxy) is 1. The lowest BCUT2D eigenvalue weighted by Gasteiger charge is -2.37. The molecule has 1 saturated heterocycles. The fourth-order valence-corrected chi connectivity index (χ4v) is 2.65. The van der Waals surface area contributed by atoms with Gasteiger partial charge in [-0.15, -0.1) is 0 Å². The Morgan fingerprint density at radius 2 is 2.30 bits per heavy atom. The summed E-state index contributed by atoms with van der Waals surface area (Å²) < 4.78 is 5.04. The lowest BCUT2D eigenvalue weighted by molar-refractivity contribution is -0.122. The number of piperidine rings is 1. The van der Waals surface area contributed by atoms with Crippen LogP contribution in [-0.4, -0.2) is 35.6 Å². The van der Waals surface area contributed by atoms with Crippen LogP contribution < -0.4 is 10.6 Å². The number of aromatic nitrogens is 2. The number of rotatable bonds is 4. The topological polar surface area (TPSA) is 81.3 Å². The van der Waals surface area contributed by atoms with Crippen molar-refractivity contribution in [1.29, 1.82) is 0 Å². The van der Waals surface area contributed by atoms with Crippen molar-refractivity contribution in [2.45, 2.75) is 32.4 Å². The van der Waals surface area contributed by atoms with Crippen LogP contribution in [0.25, 0.3) is 0 Å². The number of carbonyl (C=O) groups is 1. The highest BCUT2D eigenvalue weighted by molar-refractivity contribution is 6.29. The molecular formula is C13H19ClN4O2. The molecule has 2 heterocycles. The maximum atomic E-state index is 11.4. The van der Waals surface area contributed by atoms with E-state index < -0.39 is 0 Å². The smallest absolute Gasteiger partial charge is 0.222 e. The molecule has 0 aromatic carbocycles. The molecule has 2 atom stereocenters. The third-order valence-electron chi connectivity index (χ3n) is 3.58. The molecule has 0 spiro atoms. The van der Waals surface area contributed by atoms with Crippen LogP contribution in [0.5, 0.6) is 0 Å². The molecule has 2 N–H and O–H groups in total. The molecular weight excluding hydrogens is 280 g/mol. The average Bonchev–Trinajstić information content (AvgIpc) is 2.38. The third-order valence-corrected chi connectivity index (χ3v) is 3.77. The van der Waals surface area contributed by atoms with Gasteiger partial charge in [-0.1, -0.05) is 11.6 Å². The summed E-state index contributed by atoms with van der Waals surface area (Å²) in [6, 6.07) is 1.99. The highest BCUT2D eigenvalue weighted by Crippen LogP contribution is 2.27. The van der Waals surface area contributed by atoms with Crippen molar-refractivity contribution in [3.8, 4) is 0 Å². The zero-order valence-electron chi connectivity index (χ0n) is 11.7. The van der Waals surface area contributed by atoms with Gasteiger partial charge in [0.1, 0.15) is 17.6 Å². The van der Waals surface area contributed by atoms with Crippen molar-refractivity contribution in [2.24, 2.45) is 11.7 Å². The van der Waals surface area contributed by atoms with Gasteiger partial charge in [-0.25, -0.2) is 9.97 Å². The Hall–Kier alpha value is -1.40. The summed E-state index contributed by atoms with van der Waals surface area (Å²) in [5, 5.41) is 0.371. The molecule has 0 radical (unpaired) electrons. The first-order chi connectivity index (χ1) is 9.51. The predicted molar refractivity (Wildman–Crippen MR) is 76.5 cm³/mol. The number of nitrogens with two attached hydrogens (primary N) is 1. The molecule has 2 rings (SSSR count). The van der Waals surface area contributed by atoms with Gasteiger partial charge in [0.05, 0.1) is 5.92 Å². The van der Waals surface area contributed by atoms with E-state index >= 15 is 0 Å². The van der Waals surface area contributed by atoms with E-state index in [4.69, 9.17) is 22.1 Å². The lowest BCUT2D eigenvalue weighted by atomic mass is 9.93. The minimum Gasteiger partial charge on any atom is -0.377 e. The van der Waals surface area contributed by atoms with Crippen LogP contribution in [0.15, 0.2) is 6.07 Å². The molecule has 1 aliphatic rings. The first kappa shape index (κ1) is 15.0. The summed E-state index contributed by atoms with van der Waals surface area (Å²) in [5.74, 6) is 0.837. The molecule has 6 nitrogen and oxygen atoms in total. The summed E-state index contributed by atoms with van der Waals surface area (Å²) in [7, 11) is 1.58. The standard InChI is InChI=1S/C13H19ClN4O2/c1-8-3-4-9(13(15)19)6-18(8)12-5-10(14)16-11(17-12)7-20-2/h5,8-9H,3-4,6-7H2,1-2H3,(H2,15,19). The van der Waals surface area contributed by atoms with Gasteiger partial charge < -0.3 is 15.4 Å². The van der Waals surface area contributed by atoms with Gasteiger partial charge in [0.2, 0.25) is 5.91 Å². The van der Waals surface area contributed by atoms with Crippen molar-refractivity contribution in [3.63, 3.8) is 0 Å². The van der Waals surface area contributed by atoms with Gasteiger partial charge in [-0.05, 0) is 19.8 Å². The van der Waals surface area contributed by atoms with Crippen molar-refractivity contribution < 1.29 is 9.53 Å². The lowest BCUT2D eigenvalue weighted by Crippen LogP contribution is -2.46. The Morgan fingerprint density at radius 1 is 1.55 bits per heavy atom. The highest BCUT2D eigenvalue weighted by atomic mass is 35.5. The van der Waals surface area contributed by atoms with Gasteiger partial charge in [0, 0.05) is 25.8 Å².